The number of fused-ring (bicyclic) bond motifs is 1. The molecule has 0 radical (unpaired) electrons. The van der Waals surface area contributed by atoms with Crippen LogP contribution >= 0.6 is 23.2 Å². The number of anilines is 1. The predicted molar refractivity (Wildman–Crippen MR) is 75.3 cm³/mol. The van der Waals surface area contributed by atoms with E-state index in [1.165, 1.54) is 0 Å². The van der Waals surface area contributed by atoms with Crippen LogP contribution in [0.4, 0.5) is 5.69 Å². The molecule has 0 unspecified atom stereocenters. The Hall–Kier alpha value is -1.51. The second-order valence-corrected chi connectivity index (χ2v) is 4.81. The van der Waals surface area contributed by atoms with Crippen LogP contribution in [-0.4, -0.2) is 6.67 Å². The van der Waals surface area contributed by atoms with E-state index in [1.807, 2.05) is 53.4 Å². The van der Waals surface area contributed by atoms with Gasteiger partial charge < -0.3 is 4.90 Å². The molecule has 2 aromatic carbocycles. The lowest BCUT2D eigenvalue weighted by Gasteiger charge is -2.24. The monoisotopic (exact) mass is 276 g/mol. The molecule has 0 bridgehead atoms. The van der Waals surface area contributed by atoms with Crippen LogP contribution in [0.1, 0.15) is 0 Å². The van der Waals surface area contributed by atoms with Crippen molar-refractivity contribution >= 4 is 34.0 Å². The molecule has 0 N–H and O–H groups in total. The Balaban J connectivity index is 2.19. The molecule has 2 aromatic rings. The zero-order chi connectivity index (χ0) is 12.5. The standard InChI is InChI=1S/C14H10Cl2N2/c15-10-6-7-13-12(8-10)14(16)18(9-17-13)11-4-2-1-3-5-11/h1-8H,9H2. The van der Waals surface area contributed by atoms with Gasteiger partial charge in [-0.25, -0.2) is 0 Å². The zero-order valence-corrected chi connectivity index (χ0v) is 11.0. The largest absolute Gasteiger partial charge is 0.311 e. The lowest BCUT2D eigenvalue weighted by molar-refractivity contribution is 0.931. The highest BCUT2D eigenvalue weighted by Gasteiger charge is 2.14. The van der Waals surface area contributed by atoms with E-state index in [1.54, 1.807) is 0 Å². The Morgan fingerprint density at radius 2 is 1.78 bits per heavy atom. The first-order valence-corrected chi connectivity index (χ1v) is 6.34. The maximum atomic E-state index is 6.44. The van der Waals surface area contributed by atoms with Crippen LogP contribution in [0.15, 0.2) is 53.5 Å². The molecular weight excluding hydrogens is 267 g/mol. The van der Waals surface area contributed by atoms with E-state index >= 15 is 0 Å². The van der Waals surface area contributed by atoms with E-state index in [9.17, 15) is 0 Å². The summed E-state index contributed by atoms with van der Waals surface area (Å²) in [6.45, 7) is 0.525. The van der Waals surface area contributed by atoms with Gasteiger partial charge in [-0.2, -0.15) is 0 Å². The summed E-state index contributed by atoms with van der Waals surface area (Å²) < 4.78 is 0. The summed E-state index contributed by atoms with van der Waals surface area (Å²) in [5, 5.41) is 3.08. The van der Waals surface area contributed by atoms with Gasteiger partial charge in [0.15, 0.2) is 0 Å². The van der Waals surface area contributed by atoms with Gasteiger partial charge in [0, 0.05) is 15.9 Å². The fourth-order valence-electron chi connectivity index (χ4n) is 1.97. The van der Waals surface area contributed by atoms with Gasteiger partial charge in [-0.1, -0.05) is 41.4 Å². The topological polar surface area (TPSA) is 15.6 Å². The van der Waals surface area contributed by atoms with Crippen molar-refractivity contribution < 1.29 is 0 Å². The molecular formula is C14H10Cl2N2. The number of hydrogen-bond acceptors (Lipinski definition) is 2. The molecule has 0 amide bonds. The summed E-state index contributed by atoms with van der Waals surface area (Å²) in [5.74, 6) is 0. The Morgan fingerprint density at radius 1 is 1.00 bits per heavy atom. The van der Waals surface area contributed by atoms with Crippen molar-refractivity contribution in [1.29, 1.82) is 0 Å². The van der Waals surface area contributed by atoms with Gasteiger partial charge in [-0.15, -0.1) is 0 Å². The second kappa shape index (κ2) is 4.63. The van der Waals surface area contributed by atoms with Gasteiger partial charge in [0.2, 0.25) is 0 Å². The second-order valence-electron chi connectivity index (χ2n) is 4.02. The van der Waals surface area contributed by atoms with Gasteiger partial charge in [-0.05, 0) is 30.3 Å². The first-order chi connectivity index (χ1) is 8.75. The highest BCUT2D eigenvalue weighted by atomic mass is 35.5. The minimum atomic E-state index is 0.525. The van der Waals surface area contributed by atoms with Crippen LogP contribution in [0.5, 0.6) is 0 Å². The summed E-state index contributed by atoms with van der Waals surface area (Å²) >= 11 is 12.4. The fraction of sp³-hybridized carbons (Fsp3) is 0.0714. The Kier molecular flexibility index (Phi) is 2.98. The quantitative estimate of drug-likeness (QED) is 0.732. The van der Waals surface area contributed by atoms with Crippen molar-refractivity contribution in [2.45, 2.75) is 0 Å². The molecule has 0 atom stereocenters. The fourth-order valence-corrected chi connectivity index (χ4v) is 2.44. The maximum absolute atomic E-state index is 6.44. The third kappa shape index (κ3) is 1.98. The normalized spacial score (nSPS) is 14.1. The van der Waals surface area contributed by atoms with Crippen LogP contribution in [0.2, 0.25) is 5.02 Å². The number of benzene rings is 2. The molecule has 4 heteroatoms. The van der Waals surface area contributed by atoms with Gasteiger partial charge >= 0.3 is 0 Å². The number of halogens is 2. The maximum Gasteiger partial charge on any atom is 0.120 e. The summed E-state index contributed by atoms with van der Waals surface area (Å²) in [4.78, 5) is 6.46. The van der Waals surface area contributed by atoms with Crippen molar-refractivity contribution in [3.63, 3.8) is 0 Å². The number of para-hydroxylation sites is 1. The summed E-state index contributed by atoms with van der Waals surface area (Å²) in [7, 11) is 0. The van der Waals surface area contributed by atoms with Crippen molar-refractivity contribution in [3.05, 3.63) is 64.1 Å². The van der Waals surface area contributed by atoms with Gasteiger partial charge in [-0.3, -0.25) is 4.99 Å². The summed E-state index contributed by atoms with van der Waals surface area (Å²) in [6.07, 6.45) is 0. The van der Waals surface area contributed by atoms with Gasteiger partial charge in [0.05, 0.1) is 5.36 Å². The smallest absolute Gasteiger partial charge is 0.120 e. The molecule has 18 heavy (non-hydrogen) atoms. The Morgan fingerprint density at radius 3 is 2.56 bits per heavy atom. The molecule has 1 heterocycles. The lowest BCUT2D eigenvalue weighted by atomic mass is 10.2. The van der Waals surface area contributed by atoms with E-state index in [0.29, 0.717) is 16.8 Å². The summed E-state index contributed by atoms with van der Waals surface area (Å²) in [5.41, 5.74) is 1.02. The SMILES string of the molecule is ClC1=c2cc(Cl)ccc2=NCN1c1ccccc1. The molecule has 0 spiro atoms. The Bertz CT molecular complexity index is 695. The average molecular weight is 277 g/mol. The van der Waals surface area contributed by atoms with Gasteiger partial charge in [0.25, 0.3) is 0 Å². The van der Waals surface area contributed by atoms with Crippen LogP contribution in [0, 0.1) is 0 Å². The molecule has 0 aliphatic carbocycles. The van der Waals surface area contributed by atoms with Crippen LogP contribution in [0.25, 0.3) is 5.16 Å². The van der Waals surface area contributed by atoms with E-state index < -0.39 is 0 Å². The molecule has 0 fully saturated rings. The number of hydrogen-bond donors (Lipinski definition) is 0. The van der Waals surface area contributed by atoms with Crippen molar-refractivity contribution in [1.82, 2.24) is 0 Å². The average Bonchev–Trinajstić information content (AvgIpc) is 2.41. The van der Waals surface area contributed by atoms with Crippen molar-refractivity contribution in [2.75, 3.05) is 11.6 Å². The first kappa shape index (κ1) is 11.6. The molecule has 90 valence electrons. The molecule has 0 saturated heterocycles. The molecule has 3 rings (SSSR count). The van der Waals surface area contributed by atoms with E-state index in [-0.39, 0.29) is 0 Å². The summed E-state index contributed by atoms with van der Waals surface area (Å²) in [6, 6.07) is 15.5. The number of rotatable bonds is 1. The third-order valence-corrected chi connectivity index (χ3v) is 3.51. The number of nitrogens with zero attached hydrogens (tertiary/aromatic N) is 2. The molecule has 1 aliphatic rings. The first-order valence-electron chi connectivity index (χ1n) is 5.58. The van der Waals surface area contributed by atoms with E-state index in [2.05, 4.69) is 4.99 Å². The predicted octanol–water partition coefficient (Wildman–Crippen LogP) is 2.74. The van der Waals surface area contributed by atoms with Crippen LogP contribution in [0.3, 0.4) is 0 Å². The van der Waals surface area contributed by atoms with E-state index in [0.717, 1.165) is 16.3 Å². The highest BCUT2D eigenvalue weighted by Crippen LogP contribution is 2.22. The molecule has 0 saturated carbocycles. The van der Waals surface area contributed by atoms with Crippen molar-refractivity contribution in [2.24, 2.45) is 4.99 Å². The molecule has 2 nitrogen and oxygen atoms in total. The Labute approximate surface area is 115 Å². The molecule has 0 aromatic heterocycles. The van der Waals surface area contributed by atoms with Gasteiger partial charge in [0.1, 0.15) is 11.8 Å². The van der Waals surface area contributed by atoms with Crippen molar-refractivity contribution in [3.8, 4) is 0 Å². The lowest BCUT2D eigenvalue weighted by Crippen LogP contribution is -2.38. The minimum absolute atomic E-state index is 0.525. The highest BCUT2D eigenvalue weighted by molar-refractivity contribution is 6.47. The minimum Gasteiger partial charge on any atom is -0.311 e. The van der Waals surface area contributed by atoms with Crippen LogP contribution in [-0.2, 0) is 0 Å². The van der Waals surface area contributed by atoms with E-state index in [4.69, 9.17) is 23.2 Å². The van der Waals surface area contributed by atoms with Crippen LogP contribution < -0.4 is 15.5 Å². The third-order valence-electron chi connectivity index (χ3n) is 2.87. The molecule has 1 aliphatic heterocycles. The zero-order valence-electron chi connectivity index (χ0n) is 9.48.